The number of hydrogen-bond acceptors (Lipinski definition) is 5. The van der Waals surface area contributed by atoms with Crippen LogP contribution in [0.4, 0.5) is 11.5 Å². The quantitative estimate of drug-likeness (QED) is 0.708. The van der Waals surface area contributed by atoms with E-state index in [1.807, 2.05) is 48.2 Å². The molecule has 0 spiro atoms. The van der Waals surface area contributed by atoms with Crippen LogP contribution >= 0.6 is 0 Å². The van der Waals surface area contributed by atoms with Gasteiger partial charge in [0.15, 0.2) is 5.82 Å². The molecule has 0 atom stereocenters. The van der Waals surface area contributed by atoms with Gasteiger partial charge in [-0.1, -0.05) is 24.3 Å². The lowest BCUT2D eigenvalue weighted by Crippen LogP contribution is -2.23. The number of anilines is 2. The van der Waals surface area contributed by atoms with Crippen LogP contribution in [-0.4, -0.2) is 27.5 Å². The summed E-state index contributed by atoms with van der Waals surface area (Å²) in [6, 6.07) is 16.9. The fourth-order valence-corrected chi connectivity index (χ4v) is 3.35. The molecule has 142 valence electrons. The molecule has 0 saturated carbocycles. The van der Waals surface area contributed by atoms with E-state index in [-0.39, 0.29) is 11.7 Å². The summed E-state index contributed by atoms with van der Waals surface area (Å²) in [6.07, 6.45) is 1.56. The van der Waals surface area contributed by atoms with Crippen LogP contribution in [0.5, 0.6) is 5.75 Å². The number of phenols is 1. The number of rotatable bonds is 5. The van der Waals surface area contributed by atoms with Crippen LogP contribution in [0.25, 0.3) is 11.4 Å². The predicted octanol–water partition coefficient (Wildman–Crippen LogP) is 3.90. The number of nitrogens with one attached hydrogen (secondary N) is 1. The summed E-state index contributed by atoms with van der Waals surface area (Å²) >= 11 is 0. The highest BCUT2D eigenvalue weighted by Gasteiger charge is 2.21. The Kier molecular flexibility index (Phi) is 4.93. The number of aromatic hydroxyl groups is 1. The predicted molar refractivity (Wildman–Crippen MR) is 109 cm³/mol. The van der Waals surface area contributed by atoms with Gasteiger partial charge in [-0.25, -0.2) is 9.97 Å². The first-order chi connectivity index (χ1) is 13.6. The van der Waals surface area contributed by atoms with Crippen molar-refractivity contribution in [1.29, 1.82) is 0 Å². The number of phenolic OH excluding ortho intramolecular Hbond substituents is 1. The Morgan fingerprint density at radius 1 is 1.11 bits per heavy atom. The first kappa shape index (κ1) is 18.0. The second kappa shape index (κ2) is 7.68. The van der Waals surface area contributed by atoms with Crippen molar-refractivity contribution in [3.8, 4) is 17.1 Å². The van der Waals surface area contributed by atoms with Crippen LogP contribution in [-0.2, 0) is 11.3 Å². The van der Waals surface area contributed by atoms with Crippen molar-refractivity contribution in [3.63, 3.8) is 0 Å². The molecule has 1 fully saturated rings. The van der Waals surface area contributed by atoms with Gasteiger partial charge in [-0.05, 0) is 43.2 Å². The zero-order chi connectivity index (χ0) is 19.5. The molecule has 0 unspecified atom stereocenters. The van der Waals surface area contributed by atoms with Crippen molar-refractivity contribution in [3.05, 3.63) is 65.9 Å². The fourth-order valence-electron chi connectivity index (χ4n) is 3.35. The molecule has 6 heteroatoms. The number of carbonyl (C=O) groups excluding carboxylic acids is 1. The smallest absolute Gasteiger partial charge is 0.227 e. The van der Waals surface area contributed by atoms with Gasteiger partial charge < -0.3 is 15.3 Å². The third kappa shape index (κ3) is 3.81. The Morgan fingerprint density at radius 3 is 2.61 bits per heavy atom. The minimum atomic E-state index is 0.158. The van der Waals surface area contributed by atoms with E-state index in [2.05, 4.69) is 15.3 Å². The third-order valence-corrected chi connectivity index (χ3v) is 4.79. The van der Waals surface area contributed by atoms with E-state index < -0.39 is 0 Å². The fraction of sp³-hybridized carbons (Fsp3) is 0.227. The summed E-state index contributed by atoms with van der Waals surface area (Å²) in [7, 11) is 0. The lowest BCUT2D eigenvalue weighted by molar-refractivity contribution is -0.117. The molecule has 2 N–H and O–H groups in total. The minimum Gasteiger partial charge on any atom is -0.507 e. The van der Waals surface area contributed by atoms with Crippen molar-refractivity contribution >= 4 is 17.4 Å². The molecule has 0 radical (unpaired) electrons. The van der Waals surface area contributed by atoms with E-state index in [0.717, 1.165) is 29.9 Å². The lowest BCUT2D eigenvalue weighted by atomic mass is 10.2. The van der Waals surface area contributed by atoms with E-state index in [0.29, 0.717) is 30.2 Å². The number of nitrogens with zero attached hydrogens (tertiary/aromatic N) is 3. The Bertz CT molecular complexity index is 1000. The SMILES string of the molecule is Cc1cc(NCc2ccc(N3CCCC3=O)cc2)nc(-c2ccccc2O)n1. The van der Waals surface area contributed by atoms with E-state index >= 15 is 0 Å². The molecule has 1 amide bonds. The van der Waals surface area contributed by atoms with Gasteiger partial charge in [0.1, 0.15) is 11.6 Å². The molecule has 1 aliphatic heterocycles. The van der Waals surface area contributed by atoms with Gasteiger partial charge in [0.25, 0.3) is 0 Å². The van der Waals surface area contributed by atoms with Crippen molar-refractivity contribution in [1.82, 2.24) is 9.97 Å². The number of amides is 1. The number of carbonyl (C=O) groups is 1. The summed E-state index contributed by atoms with van der Waals surface area (Å²) in [4.78, 5) is 22.7. The number of para-hydroxylation sites is 1. The maximum atomic E-state index is 11.9. The molecule has 1 saturated heterocycles. The maximum Gasteiger partial charge on any atom is 0.227 e. The highest BCUT2D eigenvalue weighted by molar-refractivity contribution is 5.95. The van der Waals surface area contributed by atoms with Gasteiger partial charge in [0.2, 0.25) is 5.91 Å². The summed E-state index contributed by atoms with van der Waals surface area (Å²) in [5.74, 6) is 1.54. The van der Waals surface area contributed by atoms with Crippen molar-refractivity contribution < 1.29 is 9.90 Å². The van der Waals surface area contributed by atoms with Crippen LogP contribution in [0.1, 0.15) is 24.1 Å². The molecule has 4 rings (SSSR count). The summed E-state index contributed by atoms with van der Waals surface area (Å²) < 4.78 is 0. The second-order valence-electron chi connectivity index (χ2n) is 6.90. The van der Waals surface area contributed by atoms with Crippen molar-refractivity contribution in [2.24, 2.45) is 0 Å². The van der Waals surface area contributed by atoms with E-state index in [1.54, 1.807) is 18.2 Å². The molecular formula is C22H22N4O2. The average molecular weight is 374 g/mol. The van der Waals surface area contributed by atoms with Gasteiger partial charge in [-0.15, -0.1) is 0 Å². The van der Waals surface area contributed by atoms with Crippen LogP contribution in [0.15, 0.2) is 54.6 Å². The van der Waals surface area contributed by atoms with Gasteiger partial charge >= 0.3 is 0 Å². The van der Waals surface area contributed by atoms with E-state index in [9.17, 15) is 9.90 Å². The lowest BCUT2D eigenvalue weighted by Gasteiger charge is -2.16. The van der Waals surface area contributed by atoms with Crippen LogP contribution in [0, 0.1) is 6.92 Å². The van der Waals surface area contributed by atoms with E-state index in [1.165, 1.54) is 0 Å². The van der Waals surface area contributed by atoms with Crippen LogP contribution < -0.4 is 10.2 Å². The van der Waals surface area contributed by atoms with Crippen molar-refractivity contribution in [2.45, 2.75) is 26.3 Å². The monoisotopic (exact) mass is 374 g/mol. The molecule has 0 aliphatic carbocycles. The Morgan fingerprint density at radius 2 is 1.89 bits per heavy atom. The minimum absolute atomic E-state index is 0.158. The zero-order valence-corrected chi connectivity index (χ0v) is 15.7. The Hall–Kier alpha value is -3.41. The Labute approximate surface area is 163 Å². The first-order valence-corrected chi connectivity index (χ1v) is 9.37. The number of benzene rings is 2. The number of hydrogen-bond donors (Lipinski definition) is 2. The van der Waals surface area contributed by atoms with Gasteiger partial charge in [-0.2, -0.15) is 0 Å². The molecular weight excluding hydrogens is 352 g/mol. The number of aromatic nitrogens is 2. The second-order valence-corrected chi connectivity index (χ2v) is 6.90. The number of aryl methyl sites for hydroxylation is 1. The van der Waals surface area contributed by atoms with Gasteiger partial charge in [-0.3, -0.25) is 4.79 Å². The summed E-state index contributed by atoms with van der Waals surface area (Å²) in [5, 5.41) is 13.4. The highest BCUT2D eigenvalue weighted by atomic mass is 16.3. The first-order valence-electron chi connectivity index (χ1n) is 9.37. The molecule has 3 aromatic rings. The molecule has 28 heavy (non-hydrogen) atoms. The maximum absolute atomic E-state index is 11.9. The molecule has 2 heterocycles. The molecule has 0 bridgehead atoms. The van der Waals surface area contributed by atoms with Crippen LogP contribution in [0.2, 0.25) is 0 Å². The average Bonchev–Trinajstić information content (AvgIpc) is 3.13. The summed E-state index contributed by atoms with van der Waals surface area (Å²) in [6.45, 7) is 3.30. The molecule has 1 aromatic heterocycles. The van der Waals surface area contributed by atoms with Crippen molar-refractivity contribution in [2.75, 3.05) is 16.8 Å². The van der Waals surface area contributed by atoms with Crippen LogP contribution in [0.3, 0.4) is 0 Å². The zero-order valence-electron chi connectivity index (χ0n) is 15.7. The largest absolute Gasteiger partial charge is 0.507 e. The normalized spacial score (nSPS) is 13.8. The summed E-state index contributed by atoms with van der Waals surface area (Å²) in [5.41, 5.74) is 3.47. The molecule has 2 aromatic carbocycles. The molecule has 6 nitrogen and oxygen atoms in total. The van der Waals surface area contributed by atoms with Gasteiger partial charge in [0.05, 0.1) is 5.56 Å². The van der Waals surface area contributed by atoms with E-state index in [4.69, 9.17) is 0 Å². The highest BCUT2D eigenvalue weighted by Crippen LogP contribution is 2.27. The standard InChI is InChI=1S/C22H22N4O2/c1-15-13-20(25-22(24-15)18-5-2-3-6-19(18)27)23-14-16-8-10-17(11-9-16)26-12-4-7-21(26)28/h2-3,5-6,8-11,13,27H,4,7,12,14H2,1H3,(H,23,24,25). The molecule has 1 aliphatic rings. The van der Waals surface area contributed by atoms with Gasteiger partial charge in [0, 0.05) is 37.0 Å². The topological polar surface area (TPSA) is 78.4 Å². The third-order valence-electron chi connectivity index (χ3n) is 4.79. The Balaban J connectivity index is 1.48.